The van der Waals surface area contributed by atoms with Crippen LogP contribution >= 0.6 is 11.3 Å². The molecule has 0 spiro atoms. The number of aromatic nitrogens is 2. The van der Waals surface area contributed by atoms with Crippen molar-refractivity contribution in [1.29, 1.82) is 0 Å². The number of hydrogen-bond acceptors (Lipinski definition) is 6. The van der Waals surface area contributed by atoms with Crippen molar-refractivity contribution in [3.05, 3.63) is 102 Å². The lowest BCUT2D eigenvalue weighted by atomic mass is 10.0. The van der Waals surface area contributed by atoms with Crippen LogP contribution in [0.5, 0.6) is 11.5 Å². The number of rotatable bonds is 6. The molecule has 1 N–H and O–H groups in total. The lowest BCUT2D eigenvalue weighted by Crippen LogP contribution is -2.13. The minimum atomic E-state index is -0.254. The predicted octanol–water partition coefficient (Wildman–Crippen LogP) is 7.45. The van der Waals surface area contributed by atoms with E-state index in [0.29, 0.717) is 33.4 Å². The van der Waals surface area contributed by atoms with Gasteiger partial charge >= 0.3 is 0 Å². The summed E-state index contributed by atoms with van der Waals surface area (Å²) in [5.41, 5.74) is 4.46. The van der Waals surface area contributed by atoms with E-state index in [-0.39, 0.29) is 5.91 Å². The maximum absolute atomic E-state index is 13.6. The lowest BCUT2D eigenvalue weighted by Gasteiger charge is -2.13. The van der Waals surface area contributed by atoms with Crippen LogP contribution in [0.2, 0.25) is 0 Å². The molecule has 0 fully saturated rings. The number of nitrogens with one attached hydrogen (secondary N) is 1. The summed E-state index contributed by atoms with van der Waals surface area (Å²) in [6, 6.07) is 29.3. The molecular formula is C31H23N3O3S. The second-order valence-corrected chi connectivity index (χ2v) is 9.52. The summed E-state index contributed by atoms with van der Waals surface area (Å²) < 4.78 is 10.9. The van der Waals surface area contributed by atoms with Gasteiger partial charge in [0.05, 0.1) is 36.7 Å². The van der Waals surface area contributed by atoms with E-state index in [1.807, 2.05) is 66.0 Å². The van der Waals surface area contributed by atoms with Crippen molar-refractivity contribution in [2.45, 2.75) is 0 Å². The molecule has 7 heteroatoms. The molecule has 0 aliphatic heterocycles. The molecule has 0 radical (unpaired) electrons. The number of thiazole rings is 1. The smallest absolute Gasteiger partial charge is 0.258 e. The first-order valence-corrected chi connectivity index (χ1v) is 12.9. The number of anilines is 1. The fraction of sp³-hybridized carbons (Fsp3) is 0.0645. The summed E-state index contributed by atoms with van der Waals surface area (Å²) in [5, 5.41) is 8.53. The molecule has 0 unspecified atom stereocenters. The number of ether oxygens (including phenoxy) is 2. The topological polar surface area (TPSA) is 73.3 Å². The summed E-state index contributed by atoms with van der Waals surface area (Å²) in [5.74, 6) is 1.03. The van der Waals surface area contributed by atoms with Crippen molar-refractivity contribution in [2.24, 2.45) is 0 Å². The van der Waals surface area contributed by atoms with E-state index in [4.69, 9.17) is 19.4 Å². The van der Waals surface area contributed by atoms with Crippen LogP contribution in [-0.2, 0) is 0 Å². The third kappa shape index (κ3) is 4.33. The third-order valence-electron chi connectivity index (χ3n) is 6.44. The first-order valence-electron chi connectivity index (χ1n) is 12.0. The van der Waals surface area contributed by atoms with Gasteiger partial charge in [-0.3, -0.25) is 10.1 Å². The van der Waals surface area contributed by atoms with E-state index >= 15 is 0 Å². The number of pyridine rings is 1. The van der Waals surface area contributed by atoms with Gasteiger partial charge in [0, 0.05) is 28.0 Å². The summed E-state index contributed by atoms with van der Waals surface area (Å²) in [4.78, 5) is 23.2. The number of fused-ring (bicyclic) bond motifs is 2. The van der Waals surface area contributed by atoms with Gasteiger partial charge in [-0.25, -0.2) is 9.97 Å². The molecule has 0 saturated carbocycles. The first-order chi connectivity index (χ1) is 18.6. The second-order valence-electron chi connectivity index (χ2n) is 8.66. The zero-order chi connectivity index (χ0) is 26.1. The Morgan fingerprint density at radius 1 is 0.763 bits per heavy atom. The monoisotopic (exact) mass is 517 g/mol. The fourth-order valence-electron chi connectivity index (χ4n) is 4.58. The highest BCUT2D eigenvalue weighted by Gasteiger charge is 2.18. The number of carbonyl (C=O) groups is 1. The number of para-hydroxylation sites is 1. The van der Waals surface area contributed by atoms with Gasteiger partial charge in [0.1, 0.15) is 11.5 Å². The van der Waals surface area contributed by atoms with E-state index in [1.165, 1.54) is 11.3 Å². The van der Waals surface area contributed by atoms with Crippen LogP contribution in [0, 0.1) is 0 Å². The predicted molar refractivity (Wildman–Crippen MR) is 153 cm³/mol. The van der Waals surface area contributed by atoms with E-state index in [9.17, 15) is 4.79 Å². The number of carbonyl (C=O) groups excluding carboxylic acids is 1. The van der Waals surface area contributed by atoms with Gasteiger partial charge in [0.25, 0.3) is 5.91 Å². The summed E-state index contributed by atoms with van der Waals surface area (Å²) in [6.45, 7) is 0. The third-order valence-corrected chi connectivity index (χ3v) is 7.19. The zero-order valence-electron chi connectivity index (χ0n) is 20.8. The molecule has 0 aliphatic carbocycles. The van der Waals surface area contributed by atoms with Crippen molar-refractivity contribution < 1.29 is 14.3 Å². The Morgan fingerprint density at radius 3 is 2.39 bits per heavy atom. The van der Waals surface area contributed by atoms with Gasteiger partial charge in [-0.2, -0.15) is 0 Å². The van der Waals surface area contributed by atoms with Crippen LogP contribution in [0.25, 0.3) is 44.2 Å². The van der Waals surface area contributed by atoms with Crippen molar-refractivity contribution in [3.8, 4) is 34.0 Å². The number of hydrogen-bond donors (Lipinski definition) is 1. The zero-order valence-corrected chi connectivity index (χ0v) is 21.6. The molecule has 2 heterocycles. The molecule has 6 aromatic rings. The Hall–Kier alpha value is -4.75. The number of nitrogens with zero attached hydrogens (tertiary/aromatic N) is 2. The van der Waals surface area contributed by atoms with E-state index in [2.05, 4.69) is 23.5 Å². The average molecular weight is 518 g/mol. The summed E-state index contributed by atoms with van der Waals surface area (Å²) >= 11 is 1.40. The van der Waals surface area contributed by atoms with Gasteiger partial charge in [-0.1, -0.05) is 60.7 Å². The molecule has 6 nitrogen and oxygen atoms in total. The average Bonchev–Trinajstić information content (AvgIpc) is 3.44. The Bertz CT molecular complexity index is 1810. The van der Waals surface area contributed by atoms with Crippen LogP contribution < -0.4 is 14.8 Å². The summed E-state index contributed by atoms with van der Waals surface area (Å²) in [6.07, 6.45) is 0. The molecule has 6 rings (SSSR count). The Morgan fingerprint density at radius 2 is 1.55 bits per heavy atom. The second kappa shape index (κ2) is 9.95. The van der Waals surface area contributed by atoms with Crippen molar-refractivity contribution in [1.82, 2.24) is 9.97 Å². The SMILES string of the molecule is COc1ccc(-c2cc(C(=O)Nc3nc(-c4cccc5ccccc45)cs3)c3ccccc3n2)c(OC)c1. The van der Waals surface area contributed by atoms with Crippen molar-refractivity contribution >= 4 is 44.1 Å². The Kier molecular flexibility index (Phi) is 6.19. The maximum Gasteiger partial charge on any atom is 0.258 e. The number of methoxy groups -OCH3 is 2. The molecule has 186 valence electrons. The van der Waals surface area contributed by atoms with Crippen LogP contribution in [0.3, 0.4) is 0 Å². The van der Waals surface area contributed by atoms with Crippen LogP contribution in [0.15, 0.2) is 96.4 Å². The first kappa shape index (κ1) is 23.6. The van der Waals surface area contributed by atoms with Gasteiger partial charge < -0.3 is 9.47 Å². The molecular weight excluding hydrogens is 494 g/mol. The highest BCUT2D eigenvalue weighted by molar-refractivity contribution is 7.14. The molecule has 1 amide bonds. The Balaban J connectivity index is 1.37. The molecule has 4 aromatic carbocycles. The molecule has 38 heavy (non-hydrogen) atoms. The number of amides is 1. The van der Waals surface area contributed by atoms with Crippen LogP contribution in [0.1, 0.15) is 10.4 Å². The van der Waals surface area contributed by atoms with E-state index in [0.717, 1.165) is 33.0 Å². The molecule has 2 aromatic heterocycles. The largest absolute Gasteiger partial charge is 0.497 e. The van der Waals surface area contributed by atoms with Gasteiger partial charge in [0.15, 0.2) is 5.13 Å². The minimum absolute atomic E-state index is 0.254. The van der Waals surface area contributed by atoms with Crippen molar-refractivity contribution in [2.75, 3.05) is 19.5 Å². The van der Waals surface area contributed by atoms with Crippen molar-refractivity contribution in [3.63, 3.8) is 0 Å². The quantitative estimate of drug-likeness (QED) is 0.248. The Labute approximate surface area is 223 Å². The van der Waals surface area contributed by atoms with Gasteiger partial charge in [-0.05, 0) is 35.0 Å². The van der Waals surface area contributed by atoms with E-state index in [1.54, 1.807) is 26.4 Å². The molecule has 0 aliphatic rings. The van der Waals surface area contributed by atoms with E-state index < -0.39 is 0 Å². The van der Waals surface area contributed by atoms with Crippen LogP contribution in [-0.4, -0.2) is 30.1 Å². The van der Waals surface area contributed by atoms with Crippen LogP contribution in [0.4, 0.5) is 5.13 Å². The summed E-state index contributed by atoms with van der Waals surface area (Å²) in [7, 11) is 3.21. The standard InChI is InChI=1S/C31H23N3O3S/c1-36-20-14-15-24(29(16-20)37-2)27-17-25(23-11-5-6-13-26(23)32-27)30(35)34-31-33-28(18-38-31)22-12-7-9-19-8-3-4-10-21(19)22/h3-18H,1-2H3,(H,33,34,35). The van der Waals surface area contributed by atoms with Gasteiger partial charge in [0.2, 0.25) is 0 Å². The lowest BCUT2D eigenvalue weighted by molar-refractivity contribution is 0.102. The molecule has 0 saturated heterocycles. The minimum Gasteiger partial charge on any atom is -0.497 e. The number of benzene rings is 4. The highest BCUT2D eigenvalue weighted by atomic mass is 32.1. The molecule has 0 atom stereocenters. The normalized spacial score (nSPS) is 11.0. The van der Waals surface area contributed by atoms with Gasteiger partial charge in [-0.15, -0.1) is 11.3 Å². The fourth-order valence-corrected chi connectivity index (χ4v) is 5.29. The maximum atomic E-state index is 13.6. The molecule has 0 bridgehead atoms. The highest BCUT2D eigenvalue weighted by Crippen LogP contribution is 2.35.